The standard InChI is InChI=1S/C14H17BrFNO3/c15-7-14(18)17-8-13(20-12-4-5-19-9-12)10-2-1-3-11(16)6-10/h1-3,6,12-13H,4-5,7-9H2,(H,17,18). The average molecular weight is 346 g/mol. The van der Waals surface area contributed by atoms with Gasteiger partial charge in [0.1, 0.15) is 11.9 Å². The zero-order valence-electron chi connectivity index (χ0n) is 11.0. The Morgan fingerprint density at radius 1 is 1.60 bits per heavy atom. The van der Waals surface area contributed by atoms with E-state index < -0.39 is 0 Å². The Hall–Kier alpha value is -0.980. The molecular weight excluding hydrogens is 329 g/mol. The third kappa shape index (κ3) is 4.54. The summed E-state index contributed by atoms with van der Waals surface area (Å²) >= 11 is 3.09. The summed E-state index contributed by atoms with van der Waals surface area (Å²) in [6.07, 6.45) is 0.433. The predicted molar refractivity (Wildman–Crippen MR) is 76.3 cm³/mol. The van der Waals surface area contributed by atoms with Gasteiger partial charge in [0.2, 0.25) is 5.91 Å². The van der Waals surface area contributed by atoms with Crippen molar-refractivity contribution in [1.82, 2.24) is 5.32 Å². The minimum atomic E-state index is -0.375. The van der Waals surface area contributed by atoms with Crippen LogP contribution in [0.1, 0.15) is 18.1 Å². The lowest BCUT2D eigenvalue weighted by atomic mass is 10.1. The highest BCUT2D eigenvalue weighted by molar-refractivity contribution is 9.09. The highest BCUT2D eigenvalue weighted by Gasteiger charge is 2.23. The number of ether oxygens (including phenoxy) is 2. The largest absolute Gasteiger partial charge is 0.379 e. The first-order valence-corrected chi connectivity index (χ1v) is 7.62. The van der Waals surface area contributed by atoms with Gasteiger partial charge in [-0.3, -0.25) is 4.79 Å². The summed E-state index contributed by atoms with van der Waals surface area (Å²) in [6, 6.07) is 6.25. The number of nitrogens with one attached hydrogen (secondary N) is 1. The molecule has 6 heteroatoms. The van der Waals surface area contributed by atoms with Gasteiger partial charge in [0.15, 0.2) is 0 Å². The highest BCUT2D eigenvalue weighted by atomic mass is 79.9. The van der Waals surface area contributed by atoms with Crippen LogP contribution in [0.15, 0.2) is 24.3 Å². The van der Waals surface area contributed by atoms with Crippen molar-refractivity contribution in [3.05, 3.63) is 35.6 Å². The fourth-order valence-corrected chi connectivity index (χ4v) is 2.26. The lowest BCUT2D eigenvalue weighted by Gasteiger charge is -2.22. The van der Waals surface area contributed by atoms with Gasteiger partial charge >= 0.3 is 0 Å². The second-order valence-electron chi connectivity index (χ2n) is 4.60. The first-order chi connectivity index (χ1) is 9.69. The van der Waals surface area contributed by atoms with Gasteiger partial charge in [-0.2, -0.15) is 0 Å². The zero-order valence-corrected chi connectivity index (χ0v) is 12.6. The summed E-state index contributed by atoms with van der Waals surface area (Å²) in [4.78, 5) is 11.3. The molecular formula is C14H17BrFNO3. The molecule has 0 aromatic heterocycles. The molecule has 1 aliphatic rings. The van der Waals surface area contributed by atoms with Gasteiger partial charge in [0, 0.05) is 13.2 Å². The molecule has 0 saturated carbocycles. The van der Waals surface area contributed by atoms with Gasteiger partial charge in [0.25, 0.3) is 0 Å². The minimum absolute atomic E-state index is 0.0101. The highest BCUT2D eigenvalue weighted by Crippen LogP contribution is 2.22. The maximum absolute atomic E-state index is 13.3. The molecule has 1 amide bonds. The van der Waals surface area contributed by atoms with Gasteiger partial charge in [0.05, 0.1) is 18.0 Å². The second kappa shape index (κ2) is 7.71. The Labute approximate surface area is 125 Å². The van der Waals surface area contributed by atoms with Crippen LogP contribution in [-0.4, -0.2) is 37.1 Å². The molecule has 1 N–H and O–H groups in total. The van der Waals surface area contributed by atoms with Gasteiger partial charge in [-0.25, -0.2) is 4.39 Å². The number of alkyl halides is 1. The second-order valence-corrected chi connectivity index (χ2v) is 5.16. The summed E-state index contributed by atoms with van der Waals surface area (Å²) in [5.41, 5.74) is 0.715. The van der Waals surface area contributed by atoms with Crippen molar-refractivity contribution in [2.24, 2.45) is 0 Å². The van der Waals surface area contributed by atoms with Crippen LogP contribution in [0, 0.1) is 5.82 Å². The van der Waals surface area contributed by atoms with Crippen molar-refractivity contribution in [1.29, 1.82) is 0 Å². The van der Waals surface area contributed by atoms with Crippen LogP contribution >= 0.6 is 15.9 Å². The number of amides is 1. The van der Waals surface area contributed by atoms with Crippen LogP contribution in [0.2, 0.25) is 0 Å². The van der Waals surface area contributed by atoms with Crippen molar-refractivity contribution < 1.29 is 18.7 Å². The summed E-state index contributed by atoms with van der Waals surface area (Å²) in [6.45, 7) is 1.52. The van der Waals surface area contributed by atoms with Gasteiger partial charge < -0.3 is 14.8 Å². The molecule has 1 aromatic rings. The number of carbonyl (C=O) groups excluding carboxylic acids is 1. The molecule has 1 heterocycles. The number of halogens is 2. The minimum Gasteiger partial charge on any atom is -0.379 e. The summed E-state index contributed by atoms with van der Waals surface area (Å²) < 4.78 is 24.5. The summed E-state index contributed by atoms with van der Waals surface area (Å²) in [7, 11) is 0. The number of hydrogen-bond donors (Lipinski definition) is 1. The number of carbonyl (C=O) groups is 1. The van der Waals surface area contributed by atoms with Crippen molar-refractivity contribution in [2.45, 2.75) is 18.6 Å². The molecule has 2 unspecified atom stereocenters. The maximum atomic E-state index is 13.3. The molecule has 1 saturated heterocycles. The lowest BCUT2D eigenvalue weighted by Crippen LogP contribution is -2.32. The zero-order chi connectivity index (χ0) is 14.4. The molecule has 1 aliphatic heterocycles. The Balaban J connectivity index is 2.03. The average Bonchev–Trinajstić information content (AvgIpc) is 2.96. The molecule has 4 nitrogen and oxygen atoms in total. The predicted octanol–water partition coefficient (Wildman–Crippen LogP) is 2.18. The molecule has 2 rings (SSSR count). The van der Waals surface area contributed by atoms with E-state index in [1.54, 1.807) is 12.1 Å². The van der Waals surface area contributed by atoms with E-state index >= 15 is 0 Å². The summed E-state index contributed by atoms with van der Waals surface area (Å²) in [5.74, 6) is -0.441. The van der Waals surface area contributed by atoms with Crippen LogP contribution in [0.25, 0.3) is 0 Å². The first-order valence-electron chi connectivity index (χ1n) is 6.50. The van der Waals surface area contributed by atoms with Crippen molar-refractivity contribution in [3.63, 3.8) is 0 Å². The van der Waals surface area contributed by atoms with Crippen LogP contribution in [-0.2, 0) is 14.3 Å². The van der Waals surface area contributed by atoms with E-state index in [0.717, 1.165) is 6.42 Å². The van der Waals surface area contributed by atoms with Crippen LogP contribution in [0.5, 0.6) is 0 Å². The SMILES string of the molecule is O=C(CBr)NCC(OC1CCOC1)c1cccc(F)c1. The van der Waals surface area contributed by atoms with Crippen LogP contribution in [0.4, 0.5) is 4.39 Å². The van der Waals surface area contributed by atoms with Gasteiger partial charge in [-0.15, -0.1) is 0 Å². The quantitative estimate of drug-likeness (QED) is 0.804. The summed E-state index contributed by atoms with van der Waals surface area (Å²) in [5, 5.41) is 2.98. The van der Waals surface area contributed by atoms with Crippen LogP contribution < -0.4 is 5.32 Å². The molecule has 0 spiro atoms. The van der Waals surface area contributed by atoms with Crippen molar-refractivity contribution in [3.8, 4) is 0 Å². The number of hydrogen-bond acceptors (Lipinski definition) is 3. The van der Waals surface area contributed by atoms with Gasteiger partial charge in [-0.1, -0.05) is 28.1 Å². The van der Waals surface area contributed by atoms with E-state index in [-0.39, 0.29) is 29.3 Å². The Morgan fingerprint density at radius 2 is 2.45 bits per heavy atom. The van der Waals surface area contributed by atoms with Gasteiger partial charge in [-0.05, 0) is 24.1 Å². The van der Waals surface area contributed by atoms with E-state index in [1.165, 1.54) is 12.1 Å². The molecule has 20 heavy (non-hydrogen) atoms. The van der Waals surface area contributed by atoms with E-state index in [9.17, 15) is 9.18 Å². The molecule has 2 atom stereocenters. The number of benzene rings is 1. The fraction of sp³-hybridized carbons (Fsp3) is 0.500. The maximum Gasteiger partial charge on any atom is 0.230 e. The first kappa shape index (κ1) is 15.4. The molecule has 0 aliphatic carbocycles. The Morgan fingerprint density at radius 3 is 3.10 bits per heavy atom. The molecule has 0 radical (unpaired) electrons. The third-order valence-electron chi connectivity index (χ3n) is 3.07. The van der Waals surface area contributed by atoms with E-state index in [4.69, 9.17) is 9.47 Å². The molecule has 1 fully saturated rings. The number of rotatable bonds is 6. The van der Waals surface area contributed by atoms with Crippen molar-refractivity contribution >= 4 is 21.8 Å². The lowest BCUT2D eigenvalue weighted by molar-refractivity contribution is -0.119. The third-order valence-corrected chi connectivity index (χ3v) is 3.58. The van der Waals surface area contributed by atoms with Crippen LogP contribution in [0.3, 0.4) is 0 Å². The van der Waals surface area contributed by atoms with Crippen molar-refractivity contribution in [2.75, 3.05) is 25.1 Å². The van der Waals surface area contributed by atoms with E-state index in [2.05, 4.69) is 21.2 Å². The molecule has 0 bridgehead atoms. The van der Waals surface area contributed by atoms with E-state index in [0.29, 0.717) is 25.3 Å². The molecule has 1 aromatic carbocycles. The Kier molecular flexibility index (Phi) is 5.94. The molecule has 110 valence electrons. The van der Waals surface area contributed by atoms with E-state index in [1.807, 2.05) is 0 Å². The monoisotopic (exact) mass is 345 g/mol. The topological polar surface area (TPSA) is 47.6 Å². The smallest absolute Gasteiger partial charge is 0.230 e. The fourth-order valence-electron chi connectivity index (χ4n) is 2.06. The Bertz CT molecular complexity index is 452. The normalized spacial score (nSPS) is 19.8.